The molecule has 0 unspecified atom stereocenters. The fourth-order valence-corrected chi connectivity index (χ4v) is 2.08. The summed E-state index contributed by atoms with van der Waals surface area (Å²) in [4.78, 5) is 0. The van der Waals surface area contributed by atoms with Gasteiger partial charge in [-0.15, -0.1) is 0 Å². The van der Waals surface area contributed by atoms with E-state index >= 15 is 0 Å². The maximum Gasteiger partial charge on any atom is 0.0521 e. The third kappa shape index (κ3) is 1.69. The van der Waals surface area contributed by atoms with Crippen LogP contribution in [-0.2, 0) is 13.0 Å². The molecule has 1 aromatic heterocycles. The average molecular weight is 193 g/mol. The molecule has 78 valence electrons. The lowest BCUT2D eigenvalue weighted by Gasteiger charge is -2.42. The molecule has 0 radical (unpaired) electrons. The Balaban J connectivity index is 2.02. The van der Waals surface area contributed by atoms with Gasteiger partial charge in [-0.25, -0.2) is 0 Å². The highest BCUT2D eigenvalue weighted by Crippen LogP contribution is 2.30. The van der Waals surface area contributed by atoms with Crippen LogP contribution in [0.15, 0.2) is 12.4 Å². The minimum atomic E-state index is 0.515. The van der Waals surface area contributed by atoms with Crippen LogP contribution in [-0.4, -0.2) is 22.9 Å². The van der Waals surface area contributed by atoms with Crippen LogP contribution in [0.1, 0.15) is 25.8 Å². The zero-order valence-corrected chi connectivity index (χ0v) is 9.08. The van der Waals surface area contributed by atoms with E-state index in [1.807, 2.05) is 10.9 Å². The molecule has 1 saturated heterocycles. The Morgan fingerprint density at radius 3 is 2.71 bits per heavy atom. The van der Waals surface area contributed by atoms with E-state index in [-0.39, 0.29) is 0 Å². The molecule has 3 nitrogen and oxygen atoms in total. The van der Waals surface area contributed by atoms with E-state index in [4.69, 9.17) is 0 Å². The smallest absolute Gasteiger partial charge is 0.0521 e. The van der Waals surface area contributed by atoms with Crippen LogP contribution in [0.25, 0.3) is 0 Å². The monoisotopic (exact) mass is 193 g/mol. The summed E-state index contributed by atoms with van der Waals surface area (Å²) in [5.74, 6) is 0. The molecule has 0 spiro atoms. The van der Waals surface area contributed by atoms with Gasteiger partial charge in [0.25, 0.3) is 0 Å². The number of nitrogens with zero attached hydrogens (tertiary/aromatic N) is 2. The first-order chi connectivity index (χ1) is 6.78. The number of hydrogen-bond acceptors (Lipinski definition) is 2. The van der Waals surface area contributed by atoms with Crippen LogP contribution < -0.4 is 5.32 Å². The van der Waals surface area contributed by atoms with E-state index in [9.17, 15) is 0 Å². The first-order valence-corrected chi connectivity index (χ1v) is 5.50. The van der Waals surface area contributed by atoms with Gasteiger partial charge in [-0.1, -0.05) is 6.92 Å². The molecule has 14 heavy (non-hydrogen) atoms. The molecule has 0 amide bonds. The molecule has 1 aliphatic rings. The zero-order chi connectivity index (χ0) is 10.0. The van der Waals surface area contributed by atoms with Gasteiger partial charge in [0.1, 0.15) is 0 Å². The molecule has 0 bridgehead atoms. The Morgan fingerprint density at radius 2 is 2.29 bits per heavy atom. The van der Waals surface area contributed by atoms with Gasteiger partial charge in [0.2, 0.25) is 0 Å². The summed E-state index contributed by atoms with van der Waals surface area (Å²) < 4.78 is 2.00. The Hall–Kier alpha value is -0.830. The lowest BCUT2D eigenvalue weighted by Crippen LogP contribution is -2.54. The number of aryl methyl sites for hydroxylation is 1. The van der Waals surface area contributed by atoms with Crippen LogP contribution in [0, 0.1) is 5.41 Å². The maximum atomic E-state index is 4.31. The van der Waals surface area contributed by atoms with Crippen LogP contribution in [0.3, 0.4) is 0 Å². The van der Waals surface area contributed by atoms with Crippen molar-refractivity contribution in [1.29, 1.82) is 0 Å². The topological polar surface area (TPSA) is 29.9 Å². The molecule has 0 aliphatic carbocycles. The van der Waals surface area contributed by atoms with Crippen molar-refractivity contribution in [3.05, 3.63) is 18.0 Å². The standard InChI is InChI=1S/C11H19N3/c1-3-11(8-12-9-11)5-10-6-13-14(4-2)7-10/h6-7,12H,3-5,8-9H2,1-2H3. The SMILES string of the molecule is CCn1cc(CC2(CC)CNC2)cn1. The zero-order valence-electron chi connectivity index (χ0n) is 9.08. The van der Waals surface area contributed by atoms with Crippen LogP contribution in [0.2, 0.25) is 0 Å². The molecule has 2 heterocycles. The van der Waals surface area contributed by atoms with E-state index in [0.29, 0.717) is 5.41 Å². The second-order valence-electron chi connectivity index (χ2n) is 4.34. The number of aromatic nitrogens is 2. The minimum absolute atomic E-state index is 0.515. The van der Waals surface area contributed by atoms with Crippen molar-refractivity contribution in [3.63, 3.8) is 0 Å². The van der Waals surface area contributed by atoms with E-state index in [0.717, 1.165) is 6.54 Å². The summed E-state index contributed by atoms with van der Waals surface area (Å²) in [6, 6.07) is 0. The van der Waals surface area contributed by atoms with E-state index in [2.05, 4.69) is 30.5 Å². The second kappa shape index (κ2) is 3.73. The summed E-state index contributed by atoms with van der Waals surface area (Å²) in [5, 5.41) is 7.67. The predicted octanol–water partition coefficient (Wildman–Crippen LogP) is 1.45. The summed E-state index contributed by atoms with van der Waals surface area (Å²) >= 11 is 0. The summed E-state index contributed by atoms with van der Waals surface area (Å²) in [7, 11) is 0. The molecule has 1 aromatic rings. The quantitative estimate of drug-likeness (QED) is 0.784. The van der Waals surface area contributed by atoms with Gasteiger partial charge in [-0.05, 0) is 30.7 Å². The minimum Gasteiger partial charge on any atom is -0.316 e. The highest BCUT2D eigenvalue weighted by Gasteiger charge is 2.35. The van der Waals surface area contributed by atoms with E-state index in [1.54, 1.807) is 0 Å². The molecular formula is C11H19N3. The summed E-state index contributed by atoms with van der Waals surface area (Å²) in [6.07, 6.45) is 6.63. The van der Waals surface area contributed by atoms with Crippen molar-refractivity contribution < 1.29 is 0 Å². The molecular weight excluding hydrogens is 174 g/mol. The maximum absolute atomic E-state index is 4.31. The van der Waals surface area contributed by atoms with E-state index in [1.165, 1.54) is 31.5 Å². The molecule has 1 fully saturated rings. The van der Waals surface area contributed by atoms with Crippen molar-refractivity contribution in [2.24, 2.45) is 5.41 Å². The molecule has 2 rings (SSSR count). The highest BCUT2D eigenvalue weighted by atomic mass is 15.3. The number of hydrogen-bond donors (Lipinski definition) is 1. The van der Waals surface area contributed by atoms with Gasteiger partial charge >= 0.3 is 0 Å². The summed E-state index contributed by atoms with van der Waals surface area (Å²) in [5.41, 5.74) is 1.90. The van der Waals surface area contributed by atoms with Gasteiger partial charge in [0.15, 0.2) is 0 Å². The number of nitrogens with one attached hydrogen (secondary N) is 1. The van der Waals surface area contributed by atoms with Crippen molar-refractivity contribution in [2.45, 2.75) is 33.2 Å². The van der Waals surface area contributed by atoms with Crippen molar-refractivity contribution in [1.82, 2.24) is 15.1 Å². The van der Waals surface area contributed by atoms with Crippen molar-refractivity contribution >= 4 is 0 Å². The first kappa shape index (κ1) is 9.71. The molecule has 0 aromatic carbocycles. The van der Waals surface area contributed by atoms with Crippen LogP contribution in [0.4, 0.5) is 0 Å². The second-order valence-corrected chi connectivity index (χ2v) is 4.34. The fraction of sp³-hybridized carbons (Fsp3) is 0.727. The van der Waals surface area contributed by atoms with E-state index < -0.39 is 0 Å². The summed E-state index contributed by atoms with van der Waals surface area (Å²) in [6.45, 7) is 7.71. The predicted molar refractivity (Wildman–Crippen MR) is 57.2 cm³/mol. The third-order valence-electron chi connectivity index (χ3n) is 3.34. The van der Waals surface area contributed by atoms with Gasteiger partial charge in [0.05, 0.1) is 6.20 Å². The van der Waals surface area contributed by atoms with Gasteiger partial charge in [-0.3, -0.25) is 4.68 Å². The van der Waals surface area contributed by atoms with Crippen LogP contribution >= 0.6 is 0 Å². The third-order valence-corrected chi connectivity index (χ3v) is 3.34. The Morgan fingerprint density at radius 1 is 1.50 bits per heavy atom. The van der Waals surface area contributed by atoms with Crippen LogP contribution in [0.5, 0.6) is 0 Å². The van der Waals surface area contributed by atoms with Gasteiger partial charge < -0.3 is 5.32 Å². The molecule has 0 saturated carbocycles. The van der Waals surface area contributed by atoms with Crippen molar-refractivity contribution in [3.8, 4) is 0 Å². The first-order valence-electron chi connectivity index (χ1n) is 5.50. The molecule has 0 atom stereocenters. The number of rotatable bonds is 4. The normalized spacial score (nSPS) is 19.3. The fourth-order valence-electron chi connectivity index (χ4n) is 2.08. The Kier molecular flexibility index (Phi) is 2.59. The average Bonchev–Trinajstić information content (AvgIpc) is 2.59. The van der Waals surface area contributed by atoms with Gasteiger partial charge in [-0.2, -0.15) is 5.10 Å². The highest BCUT2D eigenvalue weighted by molar-refractivity contribution is 5.10. The lowest BCUT2D eigenvalue weighted by molar-refractivity contribution is 0.160. The lowest BCUT2D eigenvalue weighted by atomic mass is 9.75. The van der Waals surface area contributed by atoms with Crippen molar-refractivity contribution in [2.75, 3.05) is 13.1 Å². The van der Waals surface area contributed by atoms with Gasteiger partial charge in [0, 0.05) is 25.8 Å². The molecule has 1 N–H and O–H groups in total. The largest absolute Gasteiger partial charge is 0.316 e. The molecule has 3 heteroatoms. The molecule has 1 aliphatic heterocycles. The Bertz CT molecular complexity index is 294. The Labute approximate surface area is 85.5 Å².